The van der Waals surface area contributed by atoms with Crippen LogP contribution in [-0.2, 0) is 17.9 Å². The molecule has 104 valence electrons. The summed E-state index contributed by atoms with van der Waals surface area (Å²) in [6, 6.07) is 9.54. The number of ether oxygens (including phenoxy) is 1. The van der Waals surface area contributed by atoms with Gasteiger partial charge in [0.05, 0.1) is 0 Å². The Morgan fingerprint density at radius 3 is 2.85 bits per heavy atom. The summed E-state index contributed by atoms with van der Waals surface area (Å²) in [6.07, 6.45) is 0.898. The maximum atomic E-state index is 11.6. The van der Waals surface area contributed by atoms with E-state index in [9.17, 15) is 4.79 Å². The molecule has 6 nitrogen and oxygen atoms in total. The summed E-state index contributed by atoms with van der Waals surface area (Å²) in [7, 11) is 0. The molecule has 0 bridgehead atoms. The van der Waals surface area contributed by atoms with Crippen LogP contribution in [-0.4, -0.2) is 27.2 Å². The van der Waals surface area contributed by atoms with Gasteiger partial charge in [-0.3, -0.25) is 9.69 Å². The number of hydrogen-bond donors (Lipinski definition) is 0. The highest BCUT2D eigenvalue weighted by Gasteiger charge is 2.23. The van der Waals surface area contributed by atoms with Crippen LogP contribution < -0.4 is 9.64 Å². The van der Waals surface area contributed by atoms with Crippen LogP contribution in [0.3, 0.4) is 0 Å². The molecule has 1 aromatic heterocycles. The van der Waals surface area contributed by atoms with Crippen molar-refractivity contribution in [2.45, 2.75) is 26.5 Å². The van der Waals surface area contributed by atoms with Crippen molar-refractivity contribution in [2.24, 2.45) is 0 Å². The van der Waals surface area contributed by atoms with Gasteiger partial charge in [-0.05, 0) is 18.6 Å². The van der Waals surface area contributed by atoms with Gasteiger partial charge in [0.1, 0.15) is 12.4 Å². The average Bonchev–Trinajstić information content (AvgIpc) is 2.88. The molecule has 2 aromatic rings. The molecule has 0 radical (unpaired) electrons. The third-order valence-electron chi connectivity index (χ3n) is 3.18. The Bertz CT molecular complexity index is 609. The summed E-state index contributed by atoms with van der Waals surface area (Å²) in [4.78, 5) is 17.6. The minimum Gasteiger partial charge on any atom is -0.486 e. The lowest BCUT2D eigenvalue weighted by molar-refractivity contribution is -0.116. The zero-order chi connectivity index (χ0) is 13.9. The second-order valence-electron chi connectivity index (χ2n) is 4.68. The van der Waals surface area contributed by atoms with Crippen LogP contribution in [0.15, 0.2) is 30.3 Å². The number of fused-ring (bicyclic) bond motifs is 1. The number of aromatic nitrogens is 3. The largest absolute Gasteiger partial charge is 0.486 e. The Hall–Kier alpha value is -2.37. The molecule has 3 rings (SSSR count). The molecule has 0 unspecified atom stereocenters. The molecule has 20 heavy (non-hydrogen) atoms. The fraction of sp³-hybridized carbons (Fsp3) is 0.357. The fourth-order valence-electron chi connectivity index (χ4n) is 2.23. The van der Waals surface area contributed by atoms with E-state index in [1.54, 1.807) is 16.5 Å². The molecule has 1 aliphatic rings. The van der Waals surface area contributed by atoms with Crippen LogP contribution in [0, 0.1) is 0 Å². The van der Waals surface area contributed by atoms with E-state index in [1.165, 1.54) is 0 Å². The second-order valence-corrected chi connectivity index (χ2v) is 4.68. The van der Waals surface area contributed by atoms with E-state index in [0.29, 0.717) is 24.9 Å². The zero-order valence-corrected chi connectivity index (χ0v) is 11.3. The van der Waals surface area contributed by atoms with Crippen molar-refractivity contribution >= 4 is 11.9 Å². The second kappa shape index (κ2) is 5.32. The van der Waals surface area contributed by atoms with Gasteiger partial charge >= 0.3 is 0 Å². The lowest BCUT2D eigenvalue weighted by atomic mass is 10.3. The van der Waals surface area contributed by atoms with Crippen molar-refractivity contribution in [2.75, 3.05) is 11.4 Å². The van der Waals surface area contributed by atoms with Gasteiger partial charge in [-0.25, -0.2) is 4.68 Å². The van der Waals surface area contributed by atoms with Crippen LogP contribution in [0.4, 0.5) is 5.95 Å². The molecule has 0 aliphatic carbocycles. The van der Waals surface area contributed by atoms with Gasteiger partial charge in [0, 0.05) is 20.0 Å². The molecule has 1 amide bonds. The van der Waals surface area contributed by atoms with Crippen LogP contribution >= 0.6 is 0 Å². The van der Waals surface area contributed by atoms with Crippen molar-refractivity contribution in [3.8, 4) is 5.75 Å². The number of para-hydroxylation sites is 1. The van der Waals surface area contributed by atoms with Gasteiger partial charge in [0.25, 0.3) is 0 Å². The van der Waals surface area contributed by atoms with E-state index >= 15 is 0 Å². The molecule has 0 saturated carbocycles. The number of carbonyl (C=O) groups is 1. The first-order chi connectivity index (χ1) is 9.74. The Morgan fingerprint density at radius 2 is 2.10 bits per heavy atom. The van der Waals surface area contributed by atoms with Crippen LogP contribution in [0.2, 0.25) is 0 Å². The number of aryl methyl sites for hydroxylation is 1. The number of amides is 1. The smallest absolute Gasteiger partial charge is 0.230 e. The van der Waals surface area contributed by atoms with E-state index in [4.69, 9.17) is 4.74 Å². The molecular formula is C14H16N4O2. The summed E-state index contributed by atoms with van der Waals surface area (Å²) in [5.74, 6) is 1.99. The molecular weight excluding hydrogens is 256 g/mol. The lowest BCUT2D eigenvalue weighted by Crippen LogP contribution is -2.36. The Morgan fingerprint density at radius 1 is 1.30 bits per heavy atom. The first-order valence-corrected chi connectivity index (χ1v) is 6.64. The number of hydrogen-bond acceptors (Lipinski definition) is 4. The van der Waals surface area contributed by atoms with Gasteiger partial charge in [-0.15, -0.1) is 0 Å². The van der Waals surface area contributed by atoms with E-state index in [2.05, 4.69) is 10.1 Å². The van der Waals surface area contributed by atoms with Crippen molar-refractivity contribution in [3.63, 3.8) is 0 Å². The maximum Gasteiger partial charge on any atom is 0.230 e. The molecule has 1 aliphatic heterocycles. The van der Waals surface area contributed by atoms with Crippen molar-refractivity contribution in [1.29, 1.82) is 0 Å². The van der Waals surface area contributed by atoms with Gasteiger partial charge in [-0.2, -0.15) is 10.1 Å². The van der Waals surface area contributed by atoms with E-state index in [0.717, 1.165) is 18.7 Å². The highest BCUT2D eigenvalue weighted by Crippen LogP contribution is 2.19. The monoisotopic (exact) mass is 272 g/mol. The third-order valence-corrected chi connectivity index (χ3v) is 3.18. The van der Waals surface area contributed by atoms with Crippen molar-refractivity contribution < 1.29 is 9.53 Å². The van der Waals surface area contributed by atoms with E-state index in [-0.39, 0.29) is 5.91 Å². The van der Waals surface area contributed by atoms with Crippen LogP contribution in [0.5, 0.6) is 5.75 Å². The lowest BCUT2D eigenvalue weighted by Gasteiger charge is -2.24. The normalized spacial score (nSPS) is 13.9. The number of anilines is 1. The molecule has 2 heterocycles. The Kier molecular flexibility index (Phi) is 3.37. The molecule has 0 saturated heterocycles. The summed E-state index contributed by atoms with van der Waals surface area (Å²) in [6.45, 7) is 3.34. The Balaban J connectivity index is 1.74. The molecule has 0 fully saturated rings. The van der Waals surface area contributed by atoms with Crippen LogP contribution in [0.1, 0.15) is 19.2 Å². The predicted molar refractivity (Wildman–Crippen MR) is 73.4 cm³/mol. The van der Waals surface area contributed by atoms with Gasteiger partial charge < -0.3 is 4.74 Å². The molecule has 0 N–H and O–H groups in total. The van der Waals surface area contributed by atoms with Crippen LogP contribution in [0.25, 0.3) is 0 Å². The summed E-state index contributed by atoms with van der Waals surface area (Å²) >= 11 is 0. The SMILES string of the molecule is CC(=O)N1CCCn2nc(COc3ccccc3)nc21. The van der Waals surface area contributed by atoms with Crippen molar-refractivity contribution in [1.82, 2.24) is 14.8 Å². The van der Waals surface area contributed by atoms with Gasteiger partial charge in [-0.1, -0.05) is 18.2 Å². The standard InChI is InChI=1S/C14H16N4O2/c1-11(19)17-8-5-9-18-14(17)15-13(16-18)10-20-12-6-3-2-4-7-12/h2-4,6-7H,5,8-10H2,1H3. The first-order valence-electron chi connectivity index (χ1n) is 6.64. The maximum absolute atomic E-state index is 11.6. The first kappa shape index (κ1) is 12.7. The summed E-state index contributed by atoms with van der Waals surface area (Å²) < 4.78 is 7.40. The Labute approximate surface area is 117 Å². The molecule has 0 atom stereocenters. The highest BCUT2D eigenvalue weighted by atomic mass is 16.5. The number of nitrogens with zero attached hydrogens (tertiary/aromatic N) is 4. The van der Waals surface area contributed by atoms with E-state index < -0.39 is 0 Å². The predicted octanol–water partition coefficient (Wildman–Crippen LogP) is 1.61. The zero-order valence-electron chi connectivity index (χ0n) is 11.3. The van der Waals surface area contributed by atoms with E-state index in [1.807, 2.05) is 30.3 Å². The molecule has 0 spiro atoms. The average molecular weight is 272 g/mol. The van der Waals surface area contributed by atoms with Crippen molar-refractivity contribution in [3.05, 3.63) is 36.2 Å². The molecule has 6 heteroatoms. The quantitative estimate of drug-likeness (QED) is 0.851. The molecule has 1 aromatic carbocycles. The minimum absolute atomic E-state index is 0.00567. The fourth-order valence-corrected chi connectivity index (χ4v) is 2.23. The van der Waals surface area contributed by atoms with Gasteiger partial charge in [0.2, 0.25) is 11.9 Å². The number of benzene rings is 1. The summed E-state index contributed by atoms with van der Waals surface area (Å²) in [5.41, 5.74) is 0. The highest BCUT2D eigenvalue weighted by molar-refractivity contribution is 5.89. The topological polar surface area (TPSA) is 60.2 Å². The number of rotatable bonds is 3. The minimum atomic E-state index is -0.00567. The summed E-state index contributed by atoms with van der Waals surface area (Å²) in [5, 5.41) is 4.39. The van der Waals surface area contributed by atoms with Gasteiger partial charge in [0.15, 0.2) is 5.82 Å². The third kappa shape index (κ3) is 2.49. The number of carbonyl (C=O) groups excluding carboxylic acids is 1.